The van der Waals surface area contributed by atoms with Gasteiger partial charge in [0.15, 0.2) is 0 Å². The Morgan fingerprint density at radius 2 is 1.97 bits per heavy atom. The summed E-state index contributed by atoms with van der Waals surface area (Å²) < 4.78 is 2.04. The van der Waals surface area contributed by atoms with E-state index in [1.165, 1.54) is 0 Å². The minimum Gasteiger partial charge on any atom is -0.369 e. The molecule has 168 valence electrons. The number of hydrogen-bond acceptors (Lipinski definition) is 6. The molecule has 0 bridgehead atoms. The fourth-order valence-electron chi connectivity index (χ4n) is 3.74. The number of likely N-dealkylation sites (N-methyl/N-ethyl adjacent to an activating group) is 1. The fourth-order valence-corrected chi connectivity index (χ4v) is 3.74. The first kappa shape index (κ1) is 21.8. The summed E-state index contributed by atoms with van der Waals surface area (Å²) in [4.78, 5) is 25.8. The van der Waals surface area contributed by atoms with E-state index in [-0.39, 0.29) is 5.91 Å². The molecule has 1 aliphatic rings. The summed E-state index contributed by atoms with van der Waals surface area (Å²) in [5, 5.41) is 7.42. The number of nitrogens with one attached hydrogen (secondary N) is 2. The molecule has 2 aromatic heterocycles. The van der Waals surface area contributed by atoms with Crippen LogP contribution in [0.3, 0.4) is 0 Å². The third kappa shape index (κ3) is 4.91. The van der Waals surface area contributed by atoms with Crippen LogP contribution >= 0.6 is 0 Å². The number of rotatable bonds is 7. The van der Waals surface area contributed by atoms with Crippen LogP contribution in [-0.2, 0) is 4.79 Å². The van der Waals surface area contributed by atoms with Crippen molar-refractivity contribution in [3.05, 3.63) is 48.3 Å². The topological polar surface area (TPSA) is 78.3 Å². The second-order valence-electron chi connectivity index (χ2n) is 8.09. The number of carbonyl (C=O) groups is 1. The molecule has 4 rings (SSSR count). The number of carbonyl (C=O) groups excluding carboxylic acids is 1. The smallest absolute Gasteiger partial charge is 0.246 e. The Morgan fingerprint density at radius 3 is 2.72 bits per heavy atom. The van der Waals surface area contributed by atoms with Gasteiger partial charge in [-0.25, -0.2) is 4.98 Å². The van der Waals surface area contributed by atoms with Crippen LogP contribution in [0.1, 0.15) is 18.9 Å². The van der Waals surface area contributed by atoms with Gasteiger partial charge in [0.25, 0.3) is 0 Å². The number of anilines is 2. The average molecular weight is 434 g/mol. The van der Waals surface area contributed by atoms with E-state index in [1.54, 1.807) is 6.08 Å². The molecule has 1 saturated heterocycles. The number of nitrogens with zero attached hydrogens (tertiary/aromatic N) is 5. The van der Waals surface area contributed by atoms with E-state index in [4.69, 9.17) is 0 Å². The first-order chi connectivity index (χ1) is 15.6. The maximum Gasteiger partial charge on any atom is 0.246 e. The summed E-state index contributed by atoms with van der Waals surface area (Å²) in [6.45, 7) is 6.40. The molecule has 0 spiro atoms. The van der Waals surface area contributed by atoms with Gasteiger partial charge < -0.3 is 25.0 Å². The Kier molecular flexibility index (Phi) is 6.70. The van der Waals surface area contributed by atoms with Crippen molar-refractivity contribution in [2.24, 2.45) is 0 Å². The molecule has 3 aromatic rings. The Morgan fingerprint density at radius 1 is 1.16 bits per heavy atom. The van der Waals surface area contributed by atoms with Crippen molar-refractivity contribution in [1.82, 2.24) is 24.3 Å². The van der Waals surface area contributed by atoms with Gasteiger partial charge in [-0.15, -0.1) is 0 Å². The molecule has 0 saturated carbocycles. The third-order valence-corrected chi connectivity index (χ3v) is 5.69. The van der Waals surface area contributed by atoms with Crippen LogP contribution in [0, 0.1) is 0 Å². The molecule has 0 radical (unpaired) electrons. The van der Waals surface area contributed by atoms with Crippen molar-refractivity contribution in [3.8, 4) is 5.69 Å². The Labute approximate surface area is 188 Å². The number of benzene rings is 1. The third-order valence-electron chi connectivity index (χ3n) is 5.69. The predicted molar refractivity (Wildman–Crippen MR) is 130 cm³/mol. The first-order valence-corrected chi connectivity index (χ1v) is 11.1. The lowest BCUT2D eigenvalue weighted by Crippen LogP contribution is -2.46. The van der Waals surface area contributed by atoms with Crippen molar-refractivity contribution in [1.29, 1.82) is 0 Å². The maximum absolute atomic E-state index is 12.5. The van der Waals surface area contributed by atoms with Crippen molar-refractivity contribution < 1.29 is 4.79 Å². The van der Waals surface area contributed by atoms with E-state index in [0.717, 1.165) is 67.1 Å². The van der Waals surface area contributed by atoms with Gasteiger partial charge in [-0.05, 0) is 49.4 Å². The monoisotopic (exact) mass is 433 g/mol. The van der Waals surface area contributed by atoms with Crippen LogP contribution in [0.25, 0.3) is 22.7 Å². The fraction of sp³-hybridized carbons (Fsp3) is 0.375. The number of aromatic nitrogens is 3. The SMILES string of the molecule is CCCNc1nc(NC)nc2cc(-n3ccc(/C=C/C(=O)N4CCN(C)CC4)c3)ccc12. The Bertz CT molecular complexity index is 1110. The second kappa shape index (κ2) is 9.82. The summed E-state index contributed by atoms with van der Waals surface area (Å²) in [5.74, 6) is 1.50. The van der Waals surface area contributed by atoms with Gasteiger partial charge in [0, 0.05) is 69.3 Å². The lowest BCUT2D eigenvalue weighted by Gasteiger charge is -2.31. The lowest BCUT2D eigenvalue weighted by atomic mass is 10.2. The van der Waals surface area contributed by atoms with Gasteiger partial charge in [0.05, 0.1) is 5.52 Å². The second-order valence-corrected chi connectivity index (χ2v) is 8.09. The molecule has 1 aromatic carbocycles. The van der Waals surface area contributed by atoms with Crippen molar-refractivity contribution in [3.63, 3.8) is 0 Å². The highest BCUT2D eigenvalue weighted by Crippen LogP contribution is 2.25. The zero-order valence-corrected chi connectivity index (χ0v) is 19.0. The maximum atomic E-state index is 12.5. The zero-order valence-electron chi connectivity index (χ0n) is 19.0. The molecule has 2 N–H and O–H groups in total. The summed E-state index contributed by atoms with van der Waals surface area (Å²) in [7, 11) is 3.91. The van der Waals surface area contributed by atoms with Crippen molar-refractivity contribution in [2.45, 2.75) is 13.3 Å². The van der Waals surface area contributed by atoms with E-state index >= 15 is 0 Å². The van der Waals surface area contributed by atoms with E-state index in [0.29, 0.717) is 5.95 Å². The number of piperazine rings is 1. The number of amides is 1. The number of fused-ring (bicyclic) bond motifs is 1. The van der Waals surface area contributed by atoms with Gasteiger partial charge in [0.2, 0.25) is 11.9 Å². The lowest BCUT2D eigenvalue weighted by molar-refractivity contribution is -0.127. The molecule has 8 nitrogen and oxygen atoms in total. The van der Waals surface area contributed by atoms with Gasteiger partial charge in [-0.3, -0.25) is 4.79 Å². The first-order valence-electron chi connectivity index (χ1n) is 11.1. The van der Waals surface area contributed by atoms with Crippen LogP contribution < -0.4 is 10.6 Å². The highest BCUT2D eigenvalue weighted by molar-refractivity contribution is 5.92. The average Bonchev–Trinajstić information content (AvgIpc) is 3.30. The minimum atomic E-state index is 0.0694. The van der Waals surface area contributed by atoms with Gasteiger partial charge in [-0.2, -0.15) is 4.98 Å². The largest absolute Gasteiger partial charge is 0.369 e. The molecule has 1 fully saturated rings. The Hall–Kier alpha value is -3.39. The normalized spacial score (nSPS) is 14.9. The summed E-state index contributed by atoms with van der Waals surface area (Å²) in [6.07, 6.45) is 8.59. The number of hydrogen-bond donors (Lipinski definition) is 2. The van der Waals surface area contributed by atoms with Crippen LogP contribution in [0.15, 0.2) is 42.7 Å². The highest BCUT2D eigenvalue weighted by atomic mass is 16.2. The molecule has 0 atom stereocenters. The van der Waals surface area contributed by atoms with E-state index < -0.39 is 0 Å². The standard InChI is InChI=1S/C24H31N7O/c1-4-10-26-23-20-7-6-19(16-21(20)27-24(25-2)28-23)31-11-9-18(17-31)5-8-22(32)30-14-12-29(3)13-15-30/h5-9,11,16-17H,4,10,12-15H2,1-3H3,(H2,25,26,27,28)/b8-5+. The molecule has 3 heterocycles. The van der Waals surface area contributed by atoms with Crippen LogP contribution in [0.2, 0.25) is 0 Å². The van der Waals surface area contributed by atoms with Crippen LogP contribution in [0.4, 0.5) is 11.8 Å². The zero-order chi connectivity index (χ0) is 22.5. The molecular weight excluding hydrogens is 402 g/mol. The van der Waals surface area contributed by atoms with Crippen molar-refractivity contribution in [2.75, 3.05) is 57.5 Å². The van der Waals surface area contributed by atoms with Crippen molar-refractivity contribution >= 4 is 34.7 Å². The summed E-state index contributed by atoms with van der Waals surface area (Å²) >= 11 is 0. The van der Waals surface area contributed by atoms with Gasteiger partial charge in [0.1, 0.15) is 5.82 Å². The van der Waals surface area contributed by atoms with E-state index in [2.05, 4.69) is 57.7 Å². The van der Waals surface area contributed by atoms with Crippen LogP contribution in [-0.4, -0.2) is 77.1 Å². The van der Waals surface area contributed by atoms with Gasteiger partial charge in [-0.1, -0.05) is 6.92 Å². The molecule has 8 heteroatoms. The molecular formula is C24H31N7O. The van der Waals surface area contributed by atoms with Crippen LogP contribution in [0.5, 0.6) is 0 Å². The summed E-state index contributed by atoms with van der Waals surface area (Å²) in [6, 6.07) is 8.17. The minimum absolute atomic E-state index is 0.0694. The Balaban J connectivity index is 1.53. The van der Waals surface area contributed by atoms with Gasteiger partial charge >= 0.3 is 0 Å². The summed E-state index contributed by atoms with van der Waals surface area (Å²) in [5.41, 5.74) is 2.86. The molecule has 32 heavy (non-hydrogen) atoms. The van der Waals surface area contributed by atoms with E-state index in [1.807, 2.05) is 41.1 Å². The quantitative estimate of drug-likeness (QED) is 0.558. The molecule has 1 amide bonds. The molecule has 1 aliphatic heterocycles. The molecule has 0 unspecified atom stereocenters. The predicted octanol–water partition coefficient (Wildman–Crippen LogP) is 3.07. The van der Waals surface area contributed by atoms with E-state index in [9.17, 15) is 4.79 Å². The molecule has 0 aliphatic carbocycles. The highest BCUT2D eigenvalue weighted by Gasteiger charge is 2.16.